The predicted molar refractivity (Wildman–Crippen MR) is 114 cm³/mol. The molecule has 3 aliphatic rings. The van der Waals surface area contributed by atoms with Gasteiger partial charge in [-0.25, -0.2) is 9.69 Å². The number of carbonyl (C=O) groups is 3. The van der Waals surface area contributed by atoms with E-state index in [1.807, 2.05) is 29.2 Å². The molecule has 32 heavy (non-hydrogen) atoms. The number of thioether (sulfide) groups is 1. The van der Waals surface area contributed by atoms with Crippen LogP contribution in [-0.2, 0) is 22.2 Å². The van der Waals surface area contributed by atoms with Crippen LogP contribution in [-0.4, -0.2) is 41.9 Å². The molecule has 3 aliphatic heterocycles. The van der Waals surface area contributed by atoms with Crippen LogP contribution in [0.1, 0.15) is 11.1 Å². The van der Waals surface area contributed by atoms with Gasteiger partial charge in [0.25, 0.3) is 5.91 Å². The molecule has 0 aliphatic carbocycles. The molecule has 0 unspecified atom stereocenters. The van der Waals surface area contributed by atoms with Gasteiger partial charge >= 0.3 is 12.2 Å². The van der Waals surface area contributed by atoms with Crippen molar-refractivity contribution in [2.45, 2.75) is 18.6 Å². The number of barbiturate groups is 1. The van der Waals surface area contributed by atoms with Gasteiger partial charge in [-0.1, -0.05) is 18.2 Å². The van der Waals surface area contributed by atoms with E-state index in [-0.39, 0.29) is 12.1 Å². The monoisotopic (exact) mass is 461 g/mol. The normalized spacial score (nSPS) is 25.5. The number of alkyl halides is 3. The Morgan fingerprint density at radius 3 is 2.47 bits per heavy atom. The zero-order valence-electron chi connectivity index (χ0n) is 16.7. The van der Waals surface area contributed by atoms with Crippen molar-refractivity contribution in [3.05, 3.63) is 59.7 Å². The Bertz CT molecular complexity index is 1120. The molecule has 0 aromatic heterocycles. The van der Waals surface area contributed by atoms with Gasteiger partial charge in [0.15, 0.2) is 5.41 Å². The summed E-state index contributed by atoms with van der Waals surface area (Å²) in [4.78, 5) is 42.6. The predicted octanol–water partition coefficient (Wildman–Crippen LogP) is 3.45. The topological polar surface area (TPSA) is 69.7 Å². The molecule has 2 atom stereocenters. The summed E-state index contributed by atoms with van der Waals surface area (Å²) in [5, 5.41) is 2.30. The van der Waals surface area contributed by atoms with E-state index in [0.717, 1.165) is 46.2 Å². The van der Waals surface area contributed by atoms with Crippen LogP contribution in [0.2, 0.25) is 0 Å². The van der Waals surface area contributed by atoms with Crippen LogP contribution in [0, 0.1) is 5.41 Å². The Morgan fingerprint density at radius 1 is 1.03 bits per heavy atom. The number of anilines is 2. The molecule has 6 nitrogen and oxygen atoms in total. The lowest BCUT2D eigenvalue weighted by Gasteiger charge is -2.53. The lowest BCUT2D eigenvalue weighted by molar-refractivity contribution is -0.144. The summed E-state index contributed by atoms with van der Waals surface area (Å²) in [5.74, 6) is -0.0263. The Hall–Kier alpha value is -3.01. The number of para-hydroxylation sites is 1. The molecule has 5 rings (SSSR count). The third-order valence-corrected chi connectivity index (χ3v) is 7.36. The van der Waals surface area contributed by atoms with Crippen molar-refractivity contribution in [1.82, 2.24) is 5.32 Å². The maximum absolute atomic E-state index is 13.9. The highest BCUT2D eigenvalue weighted by atomic mass is 32.2. The van der Waals surface area contributed by atoms with Crippen LogP contribution in [0.5, 0.6) is 0 Å². The molecular weight excluding hydrogens is 443 g/mol. The minimum atomic E-state index is -4.54. The Labute approximate surface area is 185 Å². The highest BCUT2D eigenvalue weighted by molar-refractivity contribution is 7.99. The van der Waals surface area contributed by atoms with Crippen LogP contribution in [0.4, 0.5) is 29.3 Å². The van der Waals surface area contributed by atoms with E-state index in [4.69, 9.17) is 0 Å². The van der Waals surface area contributed by atoms with Gasteiger partial charge in [0.2, 0.25) is 5.91 Å². The van der Waals surface area contributed by atoms with E-state index < -0.39 is 41.0 Å². The van der Waals surface area contributed by atoms with E-state index in [0.29, 0.717) is 12.3 Å². The maximum atomic E-state index is 13.9. The maximum Gasteiger partial charge on any atom is 0.416 e. The molecule has 1 spiro atoms. The molecule has 1 N–H and O–H groups in total. The van der Waals surface area contributed by atoms with E-state index in [2.05, 4.69) is 5.32 Å². The highest BCUT2D eigenvalue weighted by Crippen LogP contribution is 2.47. The molecule has 4 amide bonds. The molecule has 0 bridgehead atoms. The number of hydrogen-bond donors (Lipinski definition) is 1. The van der Waals surface area contributed by atoms with Crippen LogP contribution in [0.3, 0.4) is 0 Å². The van der Waals surface area contributed by atoms with Gasteiger partial charge in [-0.15, -0.1) is 0 Å². The molecule has 10 heteroatoms. The number of hydrogen-bond acceptors (Lipinski definition) is 5. The van der Waals surface area contributed by atoms with Crippen molar-refractivity contribution < 1.29 is 27.6 Å². The fourth-order valence-corrected chi connectivity index (χ4v) is 5.98. The zero-order chi connectivity index (χ0) is 22.7. The standard InChI is InChI=1S/C22H18F3N3O3S/c23-22(24,25)14-5-7-15(8-6-14)28-19(30)21(18(29)26-20(28)31)11-13-3-1-2-4-16(13)27-9-10-32-12-17(21)27/h1-8,17H,9-12H2,(H,26,29,31)/t17-,21+/m1/s1. The first-order valence-electron chi connectivity index (χ1n) is 10.0. The lowest BCUT2D eigenvalue weighted by atomic mass is 9.69. The number of halogens is 3. The van der Waals surface area contributed by atoms with Crippen LogP contribution in [0.25, 0.3) is 0 Å². The fourth-order valence-electron chi connectivity index (χ4n) is 4.80. The molecule has 3 heterocycles. The average Bonchev–Trinajstić information content (AvgIpc) is 2.77. The van der Waals surface area contributed by atoms with Crippen LogP contribution < -0.4 is 15.1 Å². The summed E-state index contributed by atoms with van der Waals surface area (Å²) in [6, 6.07) is 9.89. The molecule has 0 radical (unpaired) electrons. The minimum absolute atomic E-state index is 0.0127. The van der Waals surface area contributed by atoms with Gasteiger partial charge in [0.1, 0.15) is 0 Å². The van der Waals surface area contributed by atoms with Crippen molar-refractivity contribution in [2.75, 3.05) is 27.9 Å². The van der Waals surface area contributed by atoms with Crippen molar-refractivity contribution >= 4 is 41.0 Å². The van der Waals surface area contributed by atoms with Crippen LogP contribution >= 0.6 is 11.8 Å². The Kier molecular flexibility index (Phi) is 4.74. The lowest BCUT2D eigenvalue weighted by Crippen LogP contribution is -2.73. The van der Waals surface area contributed by atoms with Crippen molar-refractivity contribution in [3.63, 3.8) is 0 Å². The Morgan fingerprint density at radius 2 is 1.75 bits per heavy atom. The number of carbonyl (C=O) groups excluding carboxylic acids is 3. The van der Waals surface area contributed by atoms with Gasteiger partial charge in [-0.05, 0) is 42.3 Å². The largest absolute Gasteiger partial charge is 0.416 e. The summed E-state index contributed by atoms with van der Waals surface area (Å²) in [6.07, 6.45) is -4.43. The first-order valence-corrected chi connectivity index (χ1v) is 11.2. The third-order valence-electron chi connectivity index (χ3n) is 6.33. The number of urea groups is 1. The molecule has 2 aromatic rings. The van der Waals surface area contributed by atoms with E-state index in [1.165, 1.54) is 0 Å². The van der Waals surface area contributed by atoms with Gasteiger partial charge in [0, 0.05) is 23.7 Å². The Balaban J connectivity index is 1.60. The quantitative estimate of drug-likeness (QED) is 0.659. The van der Waals surface area contributed by atoms with Gasteiger partial charge < -0.3 is 4.90 Å². The molecule has 2 fully saturated rings. The zero-order valence-corrected chi connectivity index (χ0v) is 17.5. The smallest absolute Gasteiger partial charge is 0.365 e. The summed E-state index contributed by atoms with van der Waals surface area (Å²) < 4.78 is 38.9. The van der Waals surface area contributed by atoms with Gasteiger partial charge in [0.05, 0.1) is 17.3 Å². The number of nitrogens with zero attached hydrogens (tertiary/aromatic N) is 2. The number of nitrogens with one attached hydrogen (secondary N) is 1. The van der Waals surface area contributed by atoms with Gasteiger partial charge in [-0.3, -0.25) is 14.9 Å². The van der Waals surface area contributed by atoms with E-state index >= 15 is 0 Å². The second-order valence-corrected chi connectivity index (χ2v) is 9.16. The number of fused-ring (bicyclic) bond motifs is 4. The average molecular weight is 461 g/mol. The molecule has 166 valence electrons. The number of amides is 4. The molecule has 2 saturated heterocycles. The molecular formula is C22H18F3N3O3S. The van der Waals surface area contributed by atoms with Gasteiger partial charge in [-0.2, -0.15) is 24.9 Å². The minimum Gasteiger partial charge on any atom is -0.365 e. The molecule has 2 aromatic carbocycles. The number of rotatable bonds is 1. The summed E-state index contributed by atoms with van der Waals surface area (Å²) in [6.45, 7) is 0.642. The van der Waals surface area contributed by atoms with E-state index in [1.54, 1.807) is 11.8 Å². The van der Waals surface area contributed by atoms with Crippen molar-refractivity contribution in [2.24, 2.45) is 5.41 Å². The summed E-state index contributed by atoms with van der Waals surface area (Å²) in [7, 11) is 0. The second kappa shape index (κ2) is 7.26. The third kappa shape index (κ3) is 3.00. The van der Waals surface area contributed by atoms with Crippen molar-refractivity contribution in [1.29, 1.82) is 0 Å². The number of imide groups is 2. The first kappa shape index (κ1) is 20.9. The second-order valence-electron chi connectivity index (χ2n) is 8.01. The SMILES string of the molecule is O=C1NC(=O)[C@@]2(Cc3ccccc3N3CCSC[C@@H]32)C(=O)N1c1ccc(C(F)(F)F)cc1. The van der Waals surface area contributed by atoms with Crippen molar-refractivity contribution in [3.8, 4) is 0 Å². The molecule has 0 saturated carbocycles. The first-order chi connectivity index (χ1) is 15.2. The summed E-state index contributed by atoms with van der Waals surface area (Å²) >= 11 is 1.63. The highest BCUT2D eigenvalue weighted by Gasteiger charge is 2.62. The summed E-state index contributed by atoms with van der Waals surface area (Å²) in [5.41, 5.74) is -0.680. The number of benzene rings is 2. The van der Waals surface area contributed by atoms with Crippen LogP contribution in [0.15, 0.2) is 48.5 Å². The van der Waals surface area contributed by atoms with E-state index in [9.17, 15) is 27.6 Å². The fraction of sp³-hybridized carbons (Fsp3) is 0.318.